The highest BCUT2D eigenvalue weighted by atomic mass is 16.1. The molecule has 0 bridgehead atoms. The Morgan fingerprint density at radius 1 is 1.30 bits per heavy atom. The molecule has 0 aromatic carbocycles. The lowest BCUT2D eigenvalue weighted by Gasteiger charge is -2.32. The van der Waals surface area contributed by atoms with Crippen LogP contribution in [0.15, 0.2) is 6.20 Å². The van der Waals surface area contributed by atoms with Crippen LogP contribution < -0.4 is 5.32 Å². The van der Waals surface area contributed by atoms with Crippen molar-refractivity contribution in [3.8, 4) is 0 Å². The van der Waals surface area contributed by atoms with Crippen molar-refractivity contribution in [2.75, 3.05) is 26.2 Å². The molecule has 5 nitrogen and oxygen atoms in total. The largest absolute Gasteiger partial charge is 0.352 e. The van der Waals surface area contributed by atoms with Gasteiger partial charge in [-0.25, -0.2) is 9.97 Å². The second-order valence-electron chi connectivity index (χ2n) is 6.99. The summed E-state index contributed by atoms with van der Waals surface area (Å²) in [5, 5.41) is 2.96. The molecule has 2 fully saturated rings. The molecule has 1 amide bonds. The van der Waals surface area contributed by atoms with Crippen LogP contribution in [0, 0.1) is 12.8 Å². The van der Waals surface area contributed by atoms with Crippen molar-refractivity contribution in [2.24, 2.45) is 5.92 Å². The zero-order chi connectivity index (χ0) is 16.2. The molecule has 23 heavy (non-hydrogen) atoms. The Kier molecular flexibility index (Phi) is 5.26. The van der Waals surface area contributed by atoms with E-state index in [-0.39, 0.29) is 5.91 Å². The summed E-state index contributed by atoms with van der Waals surface area (Å²) in [7, 11) is 0. The van der Waals surface area contributed by atoms with Crippen molar-refractivity contribution in [3.63, 3.8) is 0 Å². The van der Waals surface area contributed by atoms with Gasteiger partial charge >= 0.3 is 0 Å². The van der Waals surface area contributed by atoms with Gasteiger partial charge in [-0.05, 0) is 58.0 Å². The number of carbonyl (C=O) groups is 1. The number of likely N-dealkylation sites (tertiary alicyclic amines) is 1. The van der Waals surface area contributed by atoms with E-state index >= 15 is 0 Å². The summed E-state index contributed by atoms with van der Waals surface area (Å²) in [6.07, 6.45) is 7.65. The molecular formula is C18H28N4O. The van der Waals surface area contributed by atoms with E-state index in [1.807, 2.05) is 6.92 Å². The number of nitrogens with one attached hydrogen (secondary N) is 1. The van der Waals surface area contributed by atoms with Gasteiger partial charge in [0.05, 0.1) is 11.3 Å². The van der Waals surface area contributed by atoms with Crippen LogP contribution in [-0.2, 0) is 0 Å². The van der Waals surface area contributed by atoms with Crippen LogP contribution in [-0.4, -0.2) is 47.0 Å². The maximum atomic E-state index is 12.4. The first-order chi connectivity index (χ1) is 11.2. The summed E-state index contributed by atoms with van der Waals surface area (Å²) in [5.41, 5.74) is 1.63. The highest BCUT2D eigenvalue weighted by molar-refractivity contribution is 5.95. The van der Waals surface area contributed by atoms with Gasteiger partial charge in [-0.2, -0.15) is 0 Å². The Morgan fingerprint density at radius 2 is 2.04 bits per heavy atom. The number of amides is 1. The quantitative estimate of drug-likeness (QED) is 0.876. The molecule has 0 atom stereocenters. The van der Waals surface area contributed by atoms with E-state index in [0.717, 1.165) is 49.8 Å². The van der Waals surface area contributed by atoms with Crippen LogP contribution >= 0.6 is 0 Å². The Labute approximate surface area is 138 Å². The van der Waals surface area contributed by atoms with Crippen molar-refractivity contribution in [1.29, 1.82) is 0 Å². The van der Waals surface area contributed by atoms with Crippen LogP contribution in [0.25, 0.3) is 0 Å². The molecule has 1 saturated carbocycles. The average Bonchev–Trinajstić information content (AvgIpc) is 3.37. The molecular weight excluding hydrogens is 288 g/mol. The molecule has 2 aliphatic rings. The molecule has 1 aliphatic heterocycles. The minimum atomic E-state index is -0.0257. The number of aromatic nitrogens is 2. The van der Waals surface area contributed by atoms with E-state index in [0.29, 0.717) is 18.0 Å². The van der Waals surface area contributed by atoms with Crippen LogP contribution in [0.4, 0.5) is 0 Å². The van der Waals surface area contributed by atoms with Crippen LogP contribution in [0.5, 0.6) is 0 Å². The fraction of sp³-hybridized carbons (Fsp3) is 0.722. The molecule has 2 heterocycles. The molecule has 126 valence electrons. The number of nitrogens with zero attached hydrogens (tertiary/aromatic N) is 3. The van der Waals surface area contributed by atoms with E-state index in [1.165, 1.54) is 19.4 Å². The molecule has 0 spiro atoms. The van der Waals surface area contributed by atoms with Crippen molar-refractivity contribution in [2.45, 2.75) is 51.9 Å². The summed E-state index contributed by atoms with van der Waals surface area (Å²) < 4.78 is 0. The van der Waals surface area contributed by atoms with Gasteiger partial charge in [0.15, 0.2) is 0 Å². The van der Waals surface area contributed by atoms with Gasteiger partial charge in [0, 0.05) is 25.2 Å². The highest BCUT2D eigenvalue weighted by Crippen LogP contribution is 2.33. The first kappa shape index (κ1) is 16.4. The van der Waals surface area contributed by atoms with Gasteiger partial charge in [0.1, 0.15) is 5.82 Å². The number of rotatable bonds is 6. The lowest BCUT2D eigenvalue weighted by atomic mass is 9.90. The Morgan fingerprint density at radius 3 is 2.70 bits per heavy atom. The van der Waals surface area contributed by atoms with Crippen molar-refractivity contribution in [3.05, 3.63) is 23.3 Å². The van der Waals surface area contributed by atoms with Crippen molar-refractivity contribution in [1.82, 2.24) is 20.2 Å². The number of carbonyl (C=O) groups excluding carboxylic acids is 1. The fourth-order valence-electron chi connectivity index (χ4n) is 3.36. The monoisotopic (exact) mass is 316 g/mol. The average molecular weight is 316 g/mol. The van der Waals surface area contributed by atoms with Gasteiger partial charge < -0.3 is 10.2 Å². The van der Waals surface area contributed by atoms with E-state index in [2.05, 4.69) is 27.1 Å². The Hall–Kier alpha value is -1.49. The lowest BCUT2D eigenvalue weighted by molar-refractivity contribution is 0.0950. The molecule has 1 N–H and O–H groups in total. The minimum absolute atomic E-state index is 0.0257. The standard InChI is InChI=1S/C18H28N4O/c1-3-8-19-18(23)16-11-20-13(2)21-17(16)15-6-9-22(10-7-15)12-14-4-5-14/h11,14-15H,3-10,12H2,1-2H3,(H,19,23). The van der Waals surface area contributed by atoms with Crippen molar-refractivity contribution < 1.29 is 4.79 Å². The van der Waals surface area contributed by atoms with Crippen LogP contribution in [0.2, 0.25) is 0 Å². The van der Waals surface area contributed by atoms with Gasteiger partial charge in [-0.3, -0.25) is 4.79 Å². The first-order valence-corrected chi connectivity index (χ1v) is 9.01. The molecule has 1 aromatic rings. The summed E-state index contributed by atoms with van der Waals surface area (Å²) >= 11 is 0. The van der Waals surface area contributed by atoms with Crippen molar-refractivity contribution >= 4 is 5.91 Å². The normalized spacial score (nSPS) is 19.7. The zero-order valence-electron chi connectivity index (χ0n) is 14.3. The lowest BCUT2D eigenvalue weighted by Crippen LogP contribution is -2.35. The topological polar surface area (TPSA) is 58.1 Å². The second kappa shape index (κ2) is 7.39. The van der Waals surface area contributed by atoms with E-state index < -0.39 is 0 Å². The van der Waals surface area contributed by atoms with E-state index in [1.54, 1.807) is 6.20 Å². The molecule has 1 saturated heterocycles. The predicted molar refractivity (Wildman–Crippen MR) is 90.5 cm³/mol. The Balaban J connectivity index is 1.68. The molecule has 5 heteroatoms. The Bertz CT molecular complexity index is 548. The number of hydrogen-bond acceptors (Lipinski definition) is 4. The fourth-order valence-corrected chi connectivity index (χ4v) is 3.36. The van der Waals surface area contributed by atoms with E-state index in [4.69, 9.17) is 0 Å². The third kappa shape index (κ3) is 4.28. The highest BCUT2D eigenvalue weighted by Gasteiger charge is 2.29. The van der Waals surface area contributed by atoms with Gasteiger partial charge in [-0.15, -0.1) is 0 Å². The van der Waals surface area contributed by atoms with Gasteiger partial charge in [0.25, 0.3) is 5.91 Å². The molecule has 0 unspecified atom stereocenters. The number of piperidine rings is 1. The summed E-state index contributed by atoms with van der Waals surface area (Å²) in [4.78, 5) is 23.9. The number of aryl methyl sites for hydroxylation is 1. The smallest absolute Gasteiger partial charge is 0.254 e. The van der Waals surface area contributed by atoms with Gasteiger partial charge in [-0.1, -0.05) is 6.92 Å². The van der Waals surface area contributed by atoms with Gasteiger partial charge in [0.2, 0.25) is 0 Å². The maximum Gasteiger partial charge on any atom is 0.254 e. The SMILES string of the molecule is CCCNC(=O)c1cnc(C)nc1C1CCN(CC2CC2)CC1. The molecule has 3 rings (SSSR count). The first-order valence-electron chi connectivity index (χ1n) is 9.01. The summed E-state index contributed by atoms with van der Waals surface area (Å²) in [5.74, 6) is 2.06. The molecule has 1 aliphatic carbocycles. The zero-order valence-corrected chi connectivity index (χ0v) is 14.3. The summed E-state index contributed by atoms with van der Waals surface area (Å²) in [6.45, 7) is 8.17. The second-order valence-corrected chi connectivity index (χ2v) is 6.99. The third-order valence-electron chi connectivity index (χ3n) is 4.91. The van der Waals surface area contributed by atoms with Crippen LogP contribution in [0.3, 0.4) is 0 Å². The van der Waals surface area contributed by atoms with Crippen LogP contribution in [0.1, 0.15) is 66.8 Å². The third-order valence-corrected chi connectivity index (χ3v) is 4.91. The molecule has 0 radical (unpaired) electrons. The summed E-state index contributed by atoms with van der Waals surface area (Å²) in [6, 6.07) is 0. The number of hydrogen-bond donors (Lipinski definition) is 1. The molecule has 1 aromatic heterocycles. The predicted octanol–water partition coefficient (Wildman–Crippen LogP) is 2.51. The minimum Gasteiger partial charge on any atom is -0.352 e. The maximum absolute atomic E-state index is 12.4. The van der Waals surface area contributed by atoms with E-state index in [9.17, 15) is 4.79 Å².